The van der Waals surface area contributed by atoms with E-state index < -0.39 is 0 Å². The lowest BCUT2D eigenvalue weighted by molar-refractivity contribution is 0.174. The first-order chi connectivity index (χ1) is 9.88. The van der Waals surface area contributed by atoms with Crippen LogP contribution in [0.1, 0.15) is 11.5 Å². The van der Waals surface area contributed by atoms with Crippen molar-refractivity contribution in [1.29, 1.82) is 0 Å². The molecule has 0 unspecified atom stereocenters. The molecule has 1 aliphatic rings. The molecule has 1 aromatic heterocycles. The molecule has 1 aliphatic heterocycles. The Hall–Kier alpha value is -2.75. The van der Waals surface area contributed by atoms with E-state index in [4.69, 9.17) is 13.9 Å². The number of benzene rings is 2. The second-order valence-corrected chi connectivity index (χ2v) is 4.47. The van der Waals surface area contributed by atoms with Gasteiger partial charge in [0.25, 0.3) is 0 Å². The Morgan fingerprint density at radius 1 is 0.950 bits per heavy atom. The SMILES string of the molecule is C(=C\c1nc2cc3c(cc2o1)OCO3)/c1ccccc1. The number of fused-ring (bicyclic) bond motifs is 2. The fraction of sp³-hybridized carbons (Fsp3) is 0.0625. The Kier molecular flexibility index (Phi) is 2.45. The number of hydrogen-bond donors (Lipinski definition) is 0. The van der Waals surface area contributed by atoms with Crippen molar-refractivity contribution in [3.63, 3.8) is 0 Å². The number of ether oxygens (including phenoxy) is 2. The van der Waals surface area contributed by atoms with E-state index >= 15 is 0 Å². The van der Waals surface area contributed by atoms with Gasteiger partial charge in [0.05, 0.1) is 0 Å². The van der Waals surface area contributed by atoms with E-state index in [2.05, 4.69) is 4.98 Å². The molecule has 0 bridgehead atoms. The van der Waals surface area contributed by atoms with Crippen molar-refractivity contribution < 1.29 is 13.9 Å². The number of aromatic nitrogens is 1. The number of nitrogens with zero attached hydrogens (tertiary/aromatic N) is 1. The zero-order valence-electron chi connectivity index (χ0n) is 10.6. The van der Waals surface area contributed by atoms with Crippen molar-refractivity contribution in [2.24, 2.45) is 0 Å². The Bertz CT molecular complexity index is 749. The molecule has 0 aliphatic carbocycles. The average Bonchev–Trinajstić information content (AvgIpc) is 3.08. The molecule has 98 valence electrons. The van der Waals surface area contributed by atoms with E-state index in [0.717, 1.165) is 11.1 Å². The highest BCUT2D eigenvalue weighted by molar-refractivity contribution is 5.80. The van der Waals surface area contributed by atoms with Crippen molar-refractivity contribution in [2.45, 2.75) is 0 Å². The molecule has 2 heterocycles. The van der Waals surface area contributed by atoms with E-state index in [1.54, 1.807) is 0 Å². The second kappa shape index (κ2) is 4.42. The average molecular weight is 265 g/mol. The number of oxazole rings is 1. The Morgan fingerprint density at radius 2 is 1.75 bits per heavy atom. The van der Waals surface area contributed by atoms with Gasteiger partial charge in [0.1, 0.15) is 5.52 Å². The van der Waals surface area contributed by atoms with Gasteiger partial charge in [0.15, 0.2) is 17.1 Å². The molecule has 0 radical (unpaired) electrons. The first-order valence-electron chi connectivity index (χ1n) is 6.32. The molecule has 0 N–H and O–H groups in total. The monoisotopic (exact) mass is 265 g/mol. The quantitative estimate of drug-likeness (QED) is 0.708. The highest BCUT2D eigenvalue weighted by Gasteiger charge is 2.16. The maximum absolute atomic E-state index is 5.68. The Morgan fingerprint density at radius 3 is 2.60 bits per heavy atom. The summed E-state index contributed by atoms with van der Waals surface area (Å²) in [5.41, 5.74) is 2.56. The van der Waals surface area contributed by atoms with Gasteiger partial charge in [-0.15, -0.1) is 0 Å². The third-order valence-electron chi connectivity index (χ3n) is 3.12. The molecular weight excluding hydrogens is 254 g/mol. The van der Waals surface area contributed by atoms with Crippen LogP contribution in [-0.2, 0) is 0 Å². The van der Waals surface area contributed by atoms with Gasteiger partial charge in [-0.2, -0.15) is 0 Å². The number of rotatable bonds is 2. The van der Waals surface area contributed by atoms with Crippen LogP contribution in [0, 0.1) is 0 Å². The van der Waals surface area contributed by atoms with E-state index in [-0.39, 0.29) is 6.79 Å². The summed E-state index contributed by atoms with van der Waals surface area (Å²) < 4.78 is 16.3. The predicted octanol–water partition coefficient (Wildman–Crippen LogP) is 3.73. The van der Waals surface area contributed by atoms with Crippen LogP contribution in [0.15, 0.2) is 46.9 Å². The molecule has 0 atom stereocenters. The maximum Gasteiger partial charge on any atom is 0.231 e. The second-order valence-electron chi connectivity index (χ2n) is 4.47. The molecule has 0 saturated carbocycles. The van der Waals surface area contributed by atoms with Gasteiger partial charge in [-0.1, -0.05) is 30.3 Å². The zero-order chi connectivity index (χ0) is 13.4. The summed E-state index contributed by atoms with van der Waals surface area (Å²) in [6.45, 7) is 0.253. The molecule has 4 rings (SSSR count). The van der Waals surface area contributed by atoms with Gasteiger partial charge in [0.2, 0.25) is 12.7 Å². The highest BCUT2D eigenvalue weighted by atomic mass is 16.7. The van der Waals surface area contributed by atoms with Crippen molar-refractivity contribution in [3.8, 4) is 11.5 Å². The van der Waals surface area contributed by atoms with Crippen LogP contribution in [0.4, 0.5) is 0 Å². The van der Waals surface area contributed by atoms with E-state index in [1.165, 1.54) is 0 Å². The summed E-state index contributed by atoms with van der Waals surface area (Å²) in [4.78, 5) is 4.42. The topological polar surface area (TPSA) is 44.5 Å². The van der Waals surface area contributed by atoms with Crippen LogP contribution < -0.4 is 9.47 Å². The third kappa shape index (κ3) is 1.91. The molecule has 2 aromatic carbocycles. The van der Waals surface area contributed by atoms with Crippen LogP contribution in [0.2, 0.25) is 0 Å². The molecule has 20 heavy (non-hydrogen) atoms. The van der Waals surface area contributed by atoms with Gasteiger partial charge in [-0.05, 0) is 11.6 Å². The summed E-state index contributed by atoms with van der Waals surface area (Å²) >= 11 is 0. The fourth-order valence-corrected chi connectivity index (χ4v) is 2.14. The van der Waals surface area contributed by atoms with Crippen LogP contribution in [0.25, 0.3) is 23.3 Å². The minimum atomic E-state index is 0.253. The first-order valence-corrected chi connectivity index (χ1v) is 6.32. The fourth-order valence-electron chi connectivity index (χ4n) is 2.14. The molecule has 4 nitrogen and oxygen atoms in total. The van der Waals surface area contributed by atoms with Crippen LogP contribution in [0.3, 0.4) is 0 Å². The summed E-state index contributed by atoms with van der Waals surface area (Å²) in [5, 5.41) is 0. The molecule has 3 aromatic rings. The van der Waals surface area contributed by atoms with E-state index in [9.17, 15) is 0 Å². The standard InChI is InChI=1S/C16H11NO3/c1-2-4-11(5-3-1)6-7-16-17-12-8-14-15(19-10-18-14)9-13(12)20-16/h1-9H,10H2/b7-6+. The molecule has 0 fully saturated rings. The minimum Gasteiger partial charge on any atom is -0.454 e. The van der Waals surface area contributed by atoms with Crippen molar-refractivity contribution >= 4 is 23.3 Å². The molecule has 0 spiro atoms. The van der Waals surface area contributed by atoms with E-state index in [1.807, 2.05) is 54.6 Å². The largest absolute Gasteiger partial charge is 0.454 e. The van der Waals surface area contributed by atoms with Gasteiger partial charge < -0.3 is 13.9 Å². The highest BCUT2D eigenvalue weighted by Crippen LogP contribution is 2.36. The van der Waals surface area contributed by atoms with Crippen LogP contribution in [-0.4, -0.2) is 11.8 Å². The molecule has 0 saturated heterocycles. The van der Waals surface area contributed by atoms with Gasteiger partial charge in [0, 0.05) is 18.2 Å². The molecule has 4 heteroatoms. The van der Waals surface area contributed by atoms with Crippen molar-refractivity contribution in [3.05, 3.63) is 53.9 Å². The normalized spacial score (nSPS) is 13.4. The Balaban J connectivity index is 1.69. The summed E-state index contributed by atoms with van der Waals surface area (Å²) in [7, 11) is 0. The molecular formula is C16H11NO3. The smallest absolute Gasteiger partial charge is 0.231 e. The van der Waals surface area contributed by atoms with Gasteiger partial charge >= 0.3 is 0 Å². The van der Waals surface area contributed by atoms with Crippen molar-refractivity contribution in [1.82, 2.24) is 4.98 Å². The van der Waals surface area contributed by atoms with Crippen LogP contribution in [0.5, 0.6) is 11.5 Å². The zero-order valence-corrected chi connectivity index (χ0v) is 10.6. The van der Waals surface area contributed by atoms with E-state index in [0.29, 0.717) is 23.0 Å². The summed E-state index contributed by atoms with van der Waals surface area (Å²) in [5.74, 6) is 1.98. The lowest BCUT2D eigenvalue weighted by Gasteiger charge is -1.92. The lowest BCUT2D eigenvalue weighted by atomic mass is 10.2. The Labute approximate surface area is 115 Å². The third-order valence-corrected chi connectivity index (χ3v) is 3.12. The summed E-state index contributed by atoms with van der Waals surface area (Å²) in [6.07, 6.45) is 3.81. The predicted molar refractivity (Wildman–Crippen MR) is 75.5 cm³/mol. The van der Waals surface area contributed by atoms with Crippen molar-refractivity contribution in [2.75, 3.05) is 6.79 Å². The number of hydrogen-bond acceptors (Lipinski definition) is 4. The molecule has 0 amide bonds. The first kappa shape index (κ1) is 11.1. The van der Waals surface area contributed by atoms with Gasteiger partial charge in [-0.25, -0.2) is 4.98 Å². The van der Waals surface area contributed by atoms with Crippen LogP contribution >= 0.6 is 0 Å². The minimum absolute atomic E-state index is 0.253. The maximum atomic E-state index is 5.68. The lowest BCUT2D eigenvalue weighted by Crippen LogP contribution is -1.92. The summed E-state index contributed by atoms with van der Waals surface area (Å²) in [6, 6.07) is 13.7. The van der Waals surface area contributed by atoms with Gasteiger partial charge in [-0.3, -0.25) is 0 Å².